The first kappa shape index (κ1) is 21.1. The summed E-state index contributed by atoms with van der Waals surface area (Å²) >= 11 is 0. The van der Waals surface area contributed by atoms with E-state index in [1.165, 1.54) is 64.2 Å². The molecule has 0 aromatic heterocycles. The minimum atomic E-state index is 0.122. The molecule has 24 heavy (non-hydrogen) atoms. The van der Waals surface area contributed by atoms with Gasteiger partial charge in [0, 0.05) is 12.3 Å². The normalized spacial score (nSPS) is 16.9. The van der Waals surface area contributed by atoms with Crippen LogP contribution in [-0.2, 0) is 4.79 Å². The Hall–Kier alpha value is -0.900. The van der Waals surface area contributed by atoms with Crippen LogP contribution in [0, 0.1) is 0 Å². The highest BCUT2D eigenvalue weighted by molar-refractivity contribution is 6.00. The summed E-state index contributed by atoms with van der Waals surface area (Å²) in [5.74, 6) is 0.205. The fourth-order valence-corrected chi connectivity index (χ4v) is 3.29. The number of nitrogens with zero attached hydrogens (tertiary/aromatic N) is 2. The highest BCUT2D eigenvalue weighted by Gasteiger charge is 2.21. The van der Waals surface area contributed by atoms with Gasteiger partial charge < -0.3 is 4.90 Å². The van der Waals surface area contributed by atoms with E-state index < -0.39 is 0 Å². The molecule has 1 amide bonds. The summed E-state index contributed by atoms with van der Waals surface area (Å²) < 4.78 is 0. The lowest BCUT2D eigenvalue weighted by Crippen LogP contribution is -2.48. The molecule has 0 spiro atoms. The van der Waals surface area contributed by atoms with Gasteiger partial charge in [-0.2, -0.15) is 0 Å². The van der Waals surface area contributed by atoms with Crippen molar-refractivity contribution < 1.29 is 4.79 Å². The van der Waals surface area contributed by atoms with Gasteiger partial charge in [0.1, 0.15) is 0 Å². The van der Waals surface area contributed by atoms with E-state index in [9.17, 15) is 4.79 Å². The fraction of sp³-hybridized carbons (Fsp3) is 0.900. The summed E-state index contributed by atoms with van der Waals surface area (Å²) in [4.78, 5) is 18.5. The topological polar surface area (TPSA) is 44.7 Å². The lowest BCUT2D eigenvalue weighted by Gasteiger charge is -2.28. The summed E-state index contributed by atoms with van der Waals surface area (Å²) in [6.07, 6.45) is 14.2. The largest absolute Gasteiger partial charge is 0.325 e. The second kappa shape index (κ2) is 13.4. The number of rotatable bonds is 13. The van der Waals surface area contributed by atoms with Crippen LogP contribution in [0.1, 0.15) is 91.4 Å². The van der Waals surface area contributed by atoms with Gasteiger partial charge in [0.2, 0.25) is 5.91 Å². The van der Waals surface area contributed by atoms with Gasteiger partial charge in [0.15, 0.2) is 0 Å². The van der Waals surface area contributed by atoms with Gasteiger partial charge in [-0.25, -0.2) is 0 Å². The zero-order valence-corrected chi connectivity index (χ0v) is 16.3. The van der Waals surface area contributed by atoms with Crippen LogP contribution in [0.4, 0.5) is 0 Å². The number of hydrogen-bond donors (Lipinski definition) is 1. The van der Waals surface area contributed by atoms with Crippen LogP contribution in [0.2, 0.25) is 0 Å². The van der Waals surface area contributed by atoms with E-state index in [0.29, 0.717) is 6.42 Å². The maximum atomic E-state index is 12.2. The molecule has 0 aliphatic carbocycles. The van der Waals surface area contributed by atoms with Crippen molar-refractivity contribution in [3.05, 3.63) is 0 Å². The maximum Gasteiger partial charge on any atom is 0.229 e. The summed E-state index contributed by atoms with van der Waals surface area (Å²) in [5, 5.41) is 3.50. The van der Waals surface area contributed by atoms with E-state index in [0.717, 1.165) is 25.3 Å². The summed E-state index contributed by atoms with van der Waals surface area (Å²) in [5.41, 5.74) is 0.962. The van der Waals surface area contributed by atoms with Gasteiger partial charge in [-0.05, 0) is 26.8 Å². The number of amides is 1. The predicted octanol–water partition coefficient (Wildman–Crippen LogP) is 4.54. The smallest absolute Gasteiger partial charge is 0.229 e. The van der Waals surface area contributed by atoms with E-state index in [1.54, 1.807) is 0 Å². The number of hydrogen-bond acceptors (Lipinski definition) is 3. The molecule has 1 aliphatic heterocycles. The number of carbonyl (C=O) groups excluding carboxylic acids is 1. The van der Waals surface area contributed by atoms with Crippen molar-refractivity contribution in [3.63, 3.8) is 0 Å². The molecule has 0 aromatic carbocycles. The SMILES string of the molecule is CCCCCCCCCCCCNC(C)N1CCN=C(C)CC1=O. The van der Waals surface area contributed by atoms with Crippen molar-refractivity contribution in [2.75, 3.05) is 19.6 Å². The third-order valence-electron chi connectivity index (χ3n) is 4.89. The molecule has 1 unspecified atom stereocenters. The van der Waals surface area contributed by atoms with Gasteiger partial charge >= 0.3 is 0 Å². The Kier molecular flexibility index (Phi) is 11.8. The zero-order valence-electron chi connectivity index (χ0n) is 16.3. The molecule has 1 aliphatic rings. The quantitative estimate of drug-likeness (QED) is 0.502. The lowest BCUT2D eigenvalue weighted by atomic mass is 10.1. The van der Waals surface area contributed by atoms with Crippen LogP contribution in [0.3, 0.4) is 0 Å². The Morgan fingerprint density at radius 3 is 2.25 bits per heavy atom. The molecule has 1 heterocycles. The number of unbranched alkanes of at least 4 members (excludes halogenated alkanes) is 9. The third-order valence-corrected chi connectivity index (χ3v) is 4.89. The first-order chi connectivity index (χ1) is 11.6. The van der Waals surface area contributed by atoms with Gasteiger partial charge in [-0.15, -0.1) is 0 Å². The zero-order chi connectivity index (χ0) is 17.6. The van der Waals surface area contributed by atoms with Crippen molar-refractivity contribution in [2.24, 2.45) is 4.99 Å². The molecule has 0 fully saturated rings. The second-order valence-corrected chi connectivity index (χ2v) is 7.19. The average molecular weight is 338 g/mol. The van der Waals surface area contributed by atoms with Gasteiger partial charge in [0.25, 0.3) is 0 Å². The Balaban J connectivity index is 1.98. The lowest BCUT2D eigenvalue weighted by molar-refractivity contribution is -0.132. The van der Waals surface area contributed by atoms with Gasteiger partial charge in [-0.3, -0.25) is 15.1 Å². The van der Waals surface area contributed by atoms with Crippen LogP contribution < -0.4 is 5.32 Å². The molecule has 0 saturated heterocycles. The van der Waals surface area contributed by atoms with Gasteiger partial charge in [0.05, 0.1) is 19.1 Å². The monoisotopic (exact) mass is 337 g/mol. The summed E-state index contributed by atoms with van der Waals surface area (Å²) in [7, 11) is 0. The minimum absolute atomic E-state index is 0.122. The van der Waals surface area contributed by atoms with Crippen LogP contribution in [0.5, 0.6) is 0 Å². The summed E-state index contributed by atoms with van der Waals surface area (Å²) in [6.45, 7) is 8.79. The standard InChI is InChI=1S/C20H39N3O/c1-4-5-6-7-8-9-10-11-12-13-14-22-19(3)23-16-15-21-18(2)17-20(23)24/h19,22H,4-17H2,1-3H3. The molecule has 0 aromatic rings. The van der Waals surface area contributed by atoms with Crippen molar-refractivity contribution in [1.82, 2.24) is 10.2 Å². The molecule has 1 N–H and O–H groups in total. The maximum absolute atomic E-state index is 12.2. The fourth-order valence-electron chi connectivity index (χ4n) is 3.29. The molecular formula is C20H39N3O. The molecule has 140 valence electrons. The third kappa shape index (κ3) is 9.41. The second-order valence-electron chi connectivity index (χ2n) is 7.19. The van der Waals surface area contributed by atoms with E-state index >= 15 is 0 Å². The molecule has 1 atom stereocenters. The molecule has 1 rings (SSSR count). The van der Waals surface area contributed by atoms with Crippen molar-refractivity contribution >= 4 is 11.6 Å². The molecular weight excluding hydrogens is 298 g/mol. The molecule has 0 radical (unpaired) electrons. The summed E-state index contributed by atoms with van der Waals surface area (Å²) in [6, 6.07) is 0. The average Bonchev–Trinajstić information content (AvgIpc) is 2.72. The highest BCUT2D eigenvalue weighted by atomic mass is 16.2. The van der Waals surface area contributed by atoms with E-state index in [4.69, 9.17) is 0 Å². The highest BCUT2D eigenvalue weighted by Crippen LogP contribution is 2.10. The number of carbonyl (C=O) groups is 1. The van der Waals surface area contributed by atoms with Crippen molar-refractivity contribution in [3.8, 4) is 0 Å². The number of nitrogens with one attached hydrogen (secondary N) is 1. The van der Waals surface area contributed by atoms with Crippen LogP contribution in [0.25, 0.3) is 0 Å². The Morgan fingerprint density at radius 1 is 1.04 bits per heavy atom. The van der Waals surface area contributed by atoms with E-state index in [2.05, 4.69) is 24.2 Å². The van der Waals surface area contributed by atoms with Crippen LogP contribution in [-0.4, -0.2) is 42.3 Å². The van der Waals surface area contributed by atoms with Crippen LogP contribution in [0.15, 0.2) is 4.99 Å². The Morgan fingerprint density at radius 2 is 1.62 bits per heavy atom. The van der Waals surface area contributed by atoms with Crippen molar-refractivity contribution in [2.45, 2.75) is 97.6 Å². The minimum Gasteiger partial charge on any atom is -0.325 e. The van der Waals surface area contributed by atoms with Gasteiger partial charge in [-0.1, -0.05) is 64.7 Å². The van der Waals surface area contributed by atoms with E-state index in [-0.39, 0.29) is 12.1 Å². The van der Waals surface area contributed by atoms with Crippen molar-refractivity contribution in [1.29, 1.82) is 0 Å². The Labute approximate surface area is 149 Å². The predicted molar refractivity (Wildman–Crippen MR) is 104 cm³/mol. The number of aliphatic imine (C=N–C) groups is 1. The molecule has 4 heteroatoms. The van der Waals surface area contributed by atoms with Crippen LogP contribution >= 0.6 is 0 Å². The Bertz CT molecular complexity index is 368. The first-order valence-corrected chi connectivity index (χ1v) is 10.2. The first-order valence-electron chi connectivity index (χ1n) is 10.2. The molecule has 4 nitrogen and oxygen atoms in total. The molecule has 0 saturated carbocycles. The molecule has 0 bridgehead atoms. The van der Waals surface area contributed by atoms with E-state index in [1.807, 2.05) is 11.8 Å².